The third kappa shape index (κ3) is 3.74. The molecule has 0 radical (unpaired) electrons. The van der Waals surface area contributed by atoms with Gasteiger partial charge in [-0.3, -0.25) is 0 Å². The fourth-order valence-corrected chi connectivity index (χ4v) is 3.08. The van der Waals surface area contributed by atoms with Crippen molar-refractivity contribution in [2.24, 2.45) is 5.92 Å². The second-order valence-electron chi connectivity index (χ2n) is 5.62. The summed E-state index contributed by atoms with van der Waals surface area (Å²) in [5, 5.41) is 2.54. The molecule has 1 aromatic carbocycles. The average molecular weight is 248 g/mol. The Balaban J connectivity index is 1.77. The van der Waals surface area contributed by atoms with Crippen LogP contribution in [0.1, 0.15) is 38.2 Å². The van der Waals surface area contributed by atoms with Crippen molar-refractivity contribution in [3.63, 3.8) is 0 Å². The standard InChI is InChI=1S/C16H25NO/c1-13-6-5-8-15(12-13)17-11-10-14-7-3-4-9-16(14)18-2/h3-4,7,9,13,15,17H,5-6,8,10-12H2,1-2H3/p+1/t13-,15+/m0/s1. The molecular weight excluding hydrogens is 222 g/mol. The van der Waals surface area contributed by atoms with Crippen LogP contribution < -0.4 is 10.1 Å². The Morgan fingerprint density at radius 2 is 2.11 bits per heavy atom. The number of rotatable bonds is 5. The van der Waals surface area contributed by atoms with E-state index in [2.05, 4.69) is 30.4 Å². The van der Waals surface area contributed by atoms with E-state index in [9.17, 15) is 0 Å². The monoisotopic (exact) mass is 248 g/mol. The first-order chi connectivity index (χ1) is 8.79. The Morgan fingerprint density at radius 3 is 2.89 bits per heavy atom. The largest absolute Gasteiger partial charge is 0.496 e. The summed E-state index contributed by atoms with van der Waals surface area (Å²) in [5.74, 6) is 1.95. The number of quaternary nitrogens is 1. The lowest BCUT2D eigenvalue weighted by molar-refractivity contribution is -0.692. The fraction of sp³-hybridized carbons (Fsp3) is 0.625. The Bertz CT molecular complexity index is 364. The molecule has 2 heteroatoms. The van der Waals surface area contributed by atoms with Crippen LogP contribution in [-0.2, 0) is 6.42 Å². The van der Waals surface area contributed by atoms with Crippen molar-refractivity contribution >= 4 is 0 Å². The molecule has 1 aliphatic rings. The Kier molecular flexibility index (Phi) is 5.06. The minimum Gasteiger partial charge on any atom is -0.496 e. The van der Waals surface area contributed by atoms with Crippen LogP contribution in [0, 0.1) is 5.92 Å². The van der Waals surface area contributed by atoms with Gasteiger partial charge in [-0.05, 0) is 30.4 Å². The van der Waals surface area contributed by atoms with Crippen LogP contribution >= 0.6 is 0 Å². The maximum Gasteiger partial charge on any atom is 0.122 e. The zero-order valence-electron chi connectivity index (χ0n) is 11.7. The molecule has 0 saturated heterocycles. The van der Waals surface area contributed by atoms with Gasteiger partial charge in [-0.15, -0.1) is 0 Å². The smallest absolute Gasteiger partial charge is 0.122 e. The van der Waals surface area contributed by atoms with Crippen molar-refractivity contribution in [3.05, 3.63) is 29.8 Å². The summed E-state index contributed by atoms with van der Waals surface area (Å²) in [6.07, 6.45) is 6.74. The van der Waals surface area contributed by atoms with Gasteiger partial charge in [0.05, 0.1) is 19.7 Å². The first-order valence-electron chi connectivity index (χ1n) is 7.25. The van der Waals surface area contributed by atoms with Gasteiger partial charge in [-0.25, -0.2) is 0 Å². The SMILES string of the molecule is COc1ccccc1CC[NH2+][C@@H]1CCC[C@H](C)C1. The van der Waals surface area contributed by atoms with E-state index in [-0.39, 0.29) is 0 Å². The zero-order chi connectivity index (χ0) is 12.8. The molecule has 1 saturated carbocycles. The van der Waals surface area contributed by atoms with Crippen molar-refractivity contribution in [2.45, 2.75) is 45.1 Å². The predicted molar refractivity (Wildman–Crippen MR) is 74.9 cm³/mol. The van der Waals surface area contributed by atoms with E-state index in [0.29, 0.717) is 0 Å². The van der Waals surface area contributed by atoms with Crippen molar-refractivity contribution < 1.29 is 10.1 Å². The molecule has 2 rings (SSSR count). The molecule has 2 N–H and O–H groups in total. The maximum absolute atomic E-state index is 5.39. The zero-order valence-corrected chi connectivity index (χ0v) is 11.7. The van der Waals surface area contributed by atoms with Gasteiger partial charge < -0.3 is 10.1 Å². The van der Waals surface area contributed by atoms with Crippen molar-refractivity contribution in [1.82, 2.24) is 0 Å². The fourth-order valence-electron chi connectivity index (χ4n) is 3.08. The van der Waals surface area contributed by atoms with E-state index in [0.717, 1.165) is 24.1 Å². The quantitative estimate of drug-likeness (QED) is 0.850. The summed E-state index contributed by atoms with van der Waals surface area (Å²) >= 11 is 0. The Labute approximate surface area is 111 Å². The van der Waals surface area contributed by atoms with E-state index in [4.69, 9.17) is 4.74 Å². The van der Waals surface area contributed by atoms with Crippen molar-refractivity contribution in [3.8, 4) is 5.75 Å². The molecule has 1 fully saturated rings. The second-order valence-corrected chi connectivity index (χ2v) is 5.62. The van der Waals surface area contributed by atoms with E-state index < -0.39 is 0 Å². The van der Waals surface area contributed by atoms with Crippen molar-refractivity contribution in [1.29, 1.82) is 0 Å². The van der Waals surface area contributed by atoms with Crippen LogP contribution in [0.4, 0.5) is 0 Å². The third-order valence-electron chi connectivity index (χ3n) is 4.08. The molecular formula is C16H26NO+. The molecule has 0 heterocycles. The Morgan fingerprint density at radius 1 is 1.28 bits per heavy atom. The average Bonchev–Trinajstić information content (AvgIpc) is 2.39. The molecule has 1 aromatic rings. The molecule has 0 amide bonds. The summed E-state index contributed by atoms with van der Waals surface area (Å²) in [6.45, 7) is 3.57. The maximum atomic E-state index is 5.39. The lowest BCUT2D eigenvalue weighted by Crippen LogP contribution is -2.90. The number of methoxy groups -OCH3 is 1. The molecule has 0 aliphatic heterocycles. The van der Waals surface area contributed by atoms with Gasteiger partial charge in [-0.2, -0.15) is 0 Å². The van der Waals surface area contributed by atoms with Crippen molar-refractivity contribution in [2.75, 3.05) is 13.7 Å². The van der Waals surface area contributed by atoms with Gasteiger partial charge in [-0.1, -0.05) is 31.5 Å². The predicted octanol–water partition coefficient (Wildman–Crippen LogP) is 2.38. The highest BCUT2D eigenvalue weighted by Gasteiger charge is 2.20. The number of ether oxygens (including phenoxy) is 1. The van der Waals surface area contributed by atoms with Gasteiger partial charge >= 0.3 is 0 Å². The summed E-state index contributed by atoms with van der Waals surface area (Å²) in [7, 11) is 1.76. The van der Waals surface area contributed by atoms with E-state index in [1.807, 2.05) is 6.07 Å². The van der Waals surface area contributed by atoms with Gasteiger partial charge in [0, 0.05) is 12.8 Å². The molecule has 0 aromatic heterocycles. The van der Waals surface area contributed by atoms with Gasteiger partial charge in [0.2, 0.25) is 0 Å². The Hall–Kier alpha value is -1.02. The summed E-state index contributed by atoms with van der Waals surface area (Å²) in [4.78, 5) is 0. The first-order valence-corrected chi connectivity index (χ1v) is 7.25. The molecule has 100 valence electrons. The van der Waals surface area contributed by atoms with E-state index >= 15 is 0 Å². The molecule has 2 nitrogen and oxygen atoms in total. The number of hydrogen-bond acceptors (Lipinski definition) is 1. The van der Waals surface area contributed by atoms with E-state index in [1.165, 1.54) is 37.8 Å². The number of hydrogen-bond donors (Lipinski definition) is 1. The van der Waals surface area contributed by atoms with Gasteiger partial charge in [0.25, 0.3) is 0 Å². The summed E-state index contributed by atoms with van der Waals surface area (Å²) in [5.41, 5.74) is 1.33. The van der Waals surface area contributed by atoms with Gasteiger partial charge in [0.15, 0.2) is 0 Å². The molecule has 0 unspecified atom stereocenters. The first kappa shape index (κ1) is 13.4. The molecule has 18 heavy (non-hydrogen) atoms. The lowest BCUT2D eigenvalue weighted by Gasteiger charge is -2.25. The van der Waals surface area contributed by atoms with Crippen LogP contribution in [0.2, 0.25) is 0 Å². The van der Waals surface area contributed by atoms with Crippen LogP contribution in [0.15, 0.2) is 24.3 Å². The highest BCUT2D eigenvalue weighted by Crippen LogP contribution is 2.21. The van der Waals surface area contributed by atoms with Crippen LogP contribution in [0.3, 0.4) is 0 Å². The molecule has 2 atom stereocenters. The molecule has 0 bridgehead atoms. The third-order valence-corrected chi connectivity index (χ3v) is 4.08. The van der Waals surface area contributed by atoms with Crippen LogP contribution in [0.25, 0.3) is 0 Å². The van der Waals surface area contributed by atoms with Crippen LogP contribution in [0.5, 0.6) is 5.75 Å². The number of nitrogens with two attached hydrogens (primary N) is 1. The second kappa shape index (κ2) is 6.79. The topological polar surface area (TPSA) is 25.8 Å². The lowest BCUT2D eigenvalue weighted by atomic mass is 9.87. The molecule has 1 aliphatic carbocycles. The van der Waals surface area contributed by atoms with Crippen LogP contribution in [-0.4, -0.2) is 19.7 Å². The highest BCUT2D eigenvalue weighted by molar-refractivity contribution is 5.33. The highest BCUT2D eigenvalue weighted by atomic mass is 16.5. The van der Waals surface area contributed by atoms with Gasteiger partial charge in [0.1, 0.15) is 5.75 Å². The number of benzene rings is 1. The minimum atomic E-state index is 0.850. The molecule has 0 spiro atoms. The summed E-state index contributed by atoms with van der Waals surface area (Å²) in [6, 6.07) is 9.22. The normalized spacial score (nSPS) is 23.9. The minimum absolute atomic E-state index is 0.850. The number of para-hydroxylation sites is 1. The van der Waals surface area contributed by atoms with E-state index in [1.54, 1.807) is 7.11 Å². The summed E-state index contributed by atoms with van der Waals surface area (Å²) < 4.78 is 5.39.